The van der Waals surface area contributed by atoms with E-state index in [2.05, 4.69) is 20.9 Å². The van der Waals surface area contributed by atoms with Crippen molar-refractivity contribution in [3.8, 4) is 0 Å². The zero-order valence-corrected chi connectivity index (χ0v) is 16.0. The summed E-state index contributed by atoms with van der Waals surface area (Å²) in [6.45, 7) is 2.46. The lowest BCUT2D eigenvalue weighted by Gasteiger charge is -2.16. The molecule has 0 saturated heterocycles. The van der Waals surface area contributed by atoms with Gasteiger partial charge in [-0.2, -0.15) is 13.2 Å². The first kappa shape index (κ1) is 22.2. The third-order valence-electron chi connectivity index (χ3n) is 4.03. The van der Waals surface area contributed by atoms with Crippen molar-refractivity contribution in [3.63, 3.8) is 0 Å². The van der Waals surface area contributed by atoms with Crippen LogP contribution in [0.1, 0.15) is 34.0 Å². The zero-order chi connectivity index (χ0) is 21.4. The molecule has 0 bridgehead atoms. The fourth-order valence-corrected chi connectivity index (χ4v) is 2.64. The molecule has 0 radical (unpaired) electrons. The van der Waals surface area contributed by atoms with Gasteiger partial charge < -0.3 is 16.0 Å². The van der Waals surface area contributed by atoms with Crippen LogP contribution >= 0.6 is 0 Å². The lowest BCUT2D eigenvalue weighted by Crippen LogP contribution is -2.36. The highest BCUT2D eigenvalue weighted by molar-refractivity contribution is 5.94. The van der Waals surface area contributed by atoms with Crippen molar-refractivity contribution >= 4 is 11.9 Å². The van der Waals surface area contributed by atoms with Crippen LogP contribution in [0.3, 0.4) is 0 Å². The number of nitrogens with zero attached hydrogens (tertiary/aromatic N) is 1. The molecule has 5 nitrogen and oxygen atoms in total. The minimum Gasteiger partial charge on any atom is -0.352 e. The summed E-state index contributed by atoms with van der Waals surface area (Å²) in [5.41, 5.74) is 0.180. The predicted octanol–water partition coefficient (Wildman–Crippen LogP) is 3.46. The Kier molecular flexibility index (Phi) is 7.58. The normalized spacial score (nSPS) is 11.9. The Balaban J connectivity index is 2.01. The smallest absolute Gasteiger partial charge is 0.352 e. The summed E-state index contributed by atoms with van der Waals surface area (Å²) < 4.78 is 52.5. The molecule has 156 valence electrons. The van der Waals surface area contributed by atoms with Gasteiger partial charge in [-0.3, -0.25) is 9.79 Å². The molecule has 0 spiro atoms. The van der Waals surface area contributed by atoms with Crippen LogP contribution in [0.5, 0.6) is 0 Å². The number of hydrogen-bond donors (Lipinski definition) is 3. The second-order valence-corrected chi connectivity index (χ2v) is 6.14. The van der Waals surface area contributed by atoms with Gasteiger partial charge in [0, 0.05) is 32.2 Å². The minimum atomic E-state index is -4.66. The fraction of sp³-hybridized carbons (Fsp3) is 0.300. The molecule has 0 heterocycles. The van der Waals surface area contributed by atoms with Crippen molar-refractivity contribution < 1.29 is 22.4 Å². The van der Waals surface area contributed by atoms with E-state index in [4.69, 9.17) is 0 Å². The summed E-state index contributed by atoms with van der Waals surface area (Å²) in [5, 5.41) is 8.47. The first-order valence-corrected chi connectivity index (χ1v) is 8.92. The number of amides is 1. The highest BCUT2D eigenvalue weighted by Crippen LogP contribution is 2.32. The molecule has 0 aromatic heterocycles. The maximum absolute atomic E-state index is 13.2. The number of rotatable bonds is 6. The molecule has 0 fully saturated rings. The fourth-order valence-electron chi connectivity index (χ4n) is 2.64. The third-order valence-corrected chi connectivity index (χ3v) is 4.03. The van der Waals surface area contributed by atoms with Crippen LogP contribution in [0.2, 0.25) is 0 Å². The van der Waals surface area contributed by atoms with Crippen LogP contribution in [0.25, 0.3) is 0 Å². The lowest BCUT2D eigenvalue weighted by molar-refractivity contribution is -0.138. The predicted molar refractivity (Wildman–Crippen MR) is 103 cm³/mol. The molecule has 1 amide bonds. The summed E-state index contributed by atoms with van der Waals surface area (Å²) >= 11 is 0. The molecule has 0 aliphatic rings. The van der Waals surface area contributed by atoms with Crippen LogP contribution in [-0.4, -0.2) is 25.5 Å². The Morgan fingerprint density at radius 2 is 1.76 bits per heavy atom. The van der Waals surface area contributed by atoms with Crippen LogP contribution in [0.4, 0.5) is 17.6 Å². The average Bonchev–Trinajstić information content (AvgIpc) is 2.68. The highest BCUT2D eigenvalue weighted by atomic mass is 19.4. The Bertz CT molecular complexity index is 881. The number of guanidine groups is 1. The standard InChI is InChI=1S/C20H22F4N4O/c1-3-26-18(29)14-6-4-5-13(9-14)11-27-19(25-2)28-12-15-7-8-16(21)10-17(15)20(22,23)24/h4-10H,3,11-12H2,1-2H3,(H,26,29)(H2,25,27,28). The van der Waals surface area contributed by atoms with E-state index in [1.54, 1.807) is 18.2 Å². The minimum absolute atomic E-state index is 0.0971. The van der Waals surface area contributed by atoms with Crippen LogP contribution in [-0.2, 0) is 19.3 Å². The summed E-state index contributed by atoms with van der Waals surface area (Å²) in [7, 11) is 1.48. The van der Waals surface area contributed by atoms with Crippen molar-refractivity contribution in [1.29, 1.82) is 0 Å². The summed E-state index contributed by atoms with van der Waals surface area (Å²) in [6.07, 6.45) is -4.66. The van der Waals surface area contributed by atoms with Crippen molar-refractivity contribution in [1.82, 2.24) is 16.0 Å². The Morgan fingerprint density at radius 1 is 1.03 bits per heavy atom. The van der Waals surface area contributed by atoms with Gasteiger partial charge in [0.05, 0.1) is 5.56 Å². The molecule has 0 saturated carbocycles. The zero-order valence-electron chi connectivity index (χ0n) is 16.0. The van der Waals surface area contributed by atoms with Gasteiger partial charge in [0.25, 0.3) is 5.91 Å². The molecule has 2 aromatic rings. The monoisotopic (exact) mass is 410 g/mol. The molecule has 2 aromatic carbocycles. The number of nitrogens with one attached hydrogen (secondary N) is 3. The average molecular weight is 410 g/mol. The van der Waals surface area contributed by atoms with Crippen molar-refractivity contribution in [2.45, 2.75) is 26.2 Å². The molecule has 0 unspecified atom stereocenters. The number of alkyl halides is 3. The molecule has 3 N–H and O–H groups in total. The van der Waals surface area contributed by atoms with Gasteiger partial charge >= 0.3 is 6.18 Å². The molecule has 29 heavy (non-hydrogen) atoms. The van der Waals surface area contributed by atoms with Gasteiger partial charge in [0.15, 0.2) is 5.96 Å². The Labute approximate surface area is 166 Å². The van der Waals surface area contributed by atoms with Gasteiger partial charge in [-0.1, -0.05) is 18.2 Å². The number of aliphatic imine (C=N–C) groups is 1. The Morgan fingerprint density at radius 3 is 2.41 bits per heavy atom. The number of hydrogen-bond acceptors (Lipinski definition) is 2. The van der Waals surface area contributed by atoms with Gasteiger partial charge in [-0.15, -0.1) is 0 Å². The lowest BCUT2D eigenvalue weighted by atomic mass is 10.1. The van der Waals surface area contributed by atoms with E-state index in [1.165, 1.54) is 7.05 Å². The number of benzene rings is 2. The maximum atomic E-state index is 13.2. The second kappa shape index (κ2) is 9.90. The molecular weight excluding hydrogens is 388 g/mol. The van der Waals surface area contributed by atoms with Crippen molar-refractivity contribution in [2.75, 3.05) is 13.6 Å². The quantitative estimate of drug-likeness (QED) is 0.388. The molecule has 2 rings (SSSR count). The summed E-state index contributed by atoms with van der Waals surface area (Å²) in [6, 6.07) is 9.50. The van der Waals surface area contributed by atoms with Gasteiger partial charge in [0.2, 0.25) is 0 Å². The topological polar surface area (TPSA) is 65.5 Å². The first-order valence-electron chi connectivity index (χ1n) is 8.92. The number of halogens is 4. The van der Waals surface area contributed by atoms with E-state index in [1.807, 2.05) is 13.0 Å². The summed E-state index contributed by atoms with van der Waals surface area (Å²) in [4.78, 5) is 15.9. The highest BCUT2D eigenvalue weighted by Gasteiger charge is 2.33. The van der Waals surface area contributed by atoms with Crippen LogP contribution in [0.15, 0.2) is 47.5 Å². The van der Waals surface area contributed by atoms with Crippen LogP contribution < -0.4 is 16.0 Å². The maximum Gasteiger partial charge on any atom is 0.416 e. The SMILES string of the molecule is CCNC(=O)c1cccc(CNC(=NC)NCc2ccc(F)cc2C(F)(F)F)c1. The second-order valence-electron chi connectivity index (χ2n) is 6.14. The molecule has 0 aliphatic carbocycles. The largest absolute Gasteiger partial charge is 0.416 e. The van der Waals surface area contributed by atoms with E-state index in [0.717, 1.165) is 17.7 Å². The first-order chi connectivity index (χ1) is 13.7. The third kappa shape index (κ3) is 6.48. The van der Waals surface area contributed by atoms with Gasteiger partial charge in [0.1, 0.15) is 5.82 Å². The summed E-state index contributed by atoms with van der Waals surface area (Å²) in [5.74, 6) is -0.866. The van der Waals surface area contributed by atoms with E-state index < -0.39 is 17.6 Å². The van der Waals surface area contributed by atoms with E-state index in [0.29, 0.717) is 24.7 Å². The number of carbonyl (C=O) groups excluding carboxylic acids is 1. The molecule has 9 heteroatoms. The van der Waals surface area contributed by atoms with E-state index in [-0.39, 0.29) is 24.0 Å². The molecule has 0 atom stereocenters. The van der Waals surface area contributed by atoms with Gasteiger partial charge in [-0.25, -0.2) is 4.39 Å². The van der Waals surface area contributed by atoms with Crippen molar-refractivity contribution in [3.05, 3.63) is 70.5 Å². The Hall–Kier alpha value is -3.10. The van der Waals surface area contributed by atoms with Crippen molar-refractivity contribution in [2.24, 2.45) is 4.99 Å². The molecule has 0 aliphatic heterocycles. The van der Waals surface area contributed by atoms with E-state index in [9.17, 15) is 22.4 Å². The molecular formula is C20H22F4N4O. The van der Waals surface area contributed by atoms with Crippen LogP contribution in [0, 0.1) is 5.82 Å². The van der Waals surface area contributed by atoms with Gasteiger partial charge in [-0.05, 0) is 42.3 Å². The van der Waals surface area contributed by atoms with E-state index >= 15 is 0 Å². The number of carbonyl (C=O) groups is 1.